The molecule has 1 aromatic heterocycles. The van der Waals surface area contributed by atoms with Gasteiger partial charge in [0, 0.05) is 13.1 Å². The lowest BCUT2D eigenvalue weighted by Crippen LogP contribution is -2.28. The van der Waals surface area contributed by atoms with E-state index < -0.39 is 0 Å². The highest BCUT2D eigenvalue weighted by Crippen LogP contribution is 2.17. The molecule has 0 saturated heterocycles. The number of rotatable bonds is 22. The number of carbonyl (C=O) groups excluding carboxylic acids is 1. The lowest BCUT2D eigenvalue weighted by molar-refractivity contribution is 0.0938. The Morgan fingerprint density at radius 1 is 0.778 bits per heavy atom. The summed E-state index contributed by atoms with van der Waals surface area (Å²) in [5.74, 6) is 0.503. The number of amides is 1. The van der Waals surface area contributed by atoms with Gasteiger partial charge in [-0.15, -0.1) is 0 Å². The van der Waals surface area contributed by atoms with Gasteiger partial charge in [0.05, 0.1) is 11.0 Å². The Kier molecular flexibility index (Phi) is 16.2. The molecule has 204 valence electrons. The quantitative estimate of drug-likeness (QED) is 0.167. The molecule has 0 radical (unpaired) electrons. The van der Waals surface area contributed by atoms with Crippen molar-refractivity contribution in [1.29, 1.82) is 0 Å². The summed E-state index contributed by atoms with van der Waals surface area (Å²) >= 11 is 0. The number of unbranched alkanes of at least 4 members (excludes halogenated alkanes) is 15. The van der Waals surface area contributed by atoms with Gasteiger partial charge in [-0.1, -0.05) is 115 Å². The van der Waals surface area contributed by atoms with Gasteiger partial charge in [0.15, 0.2) is 5.82 Å². The number of hydrogen-bond acceptors (Lipinski definition) is 3. The summed E-state index contributed by atoms with van der Waals surface area (Å²) < 4.78 is 2.09. The Balaban J connectivity index is 1.51. The maximum atomic E-state index is 12.9. The topological polar surface area (TPSA) is 50.2 Å². The minimum Gasteiger partial charge on any atom is -0.349 e. The van der Waals surface area contributed by atoms with Crippen LogP contribution in [0, 0.1) is 0 Å². The highest BCUT2D eigenvalue weighted by molar-refractivity contribution is 5.94. The van der Waals surface area contributed by atoms with Crippen LogP contribution in [0.2, 0.25) is 0 Å². The monoisotopic (exact) mass is 498 g/mol. The summed E-state index contributed by atoms with van der Waals surface area (Å²) in [6.07, 6.45) is 22.8. The van der Waals surface area contributed by atoms with Crippen molar-refractivity contribution in [2.24, 2.45) is 0 Å². The van der Waals surface area contributed by atoms with Crippen LogP contribution in [0.4, 0.5) is 0 Å². The first kappa shape index (κ1) is 30.3. The van der Waals surface area contributed by atoms with Gasteiger partial charge in [-0.05, 0) is 45.6 Å². The molecule has 1 N–H and O–H groups in total. The van der Waals surface area contributed by atoms with E-state index in [-0.39, 0.29) is 5.91 Å². The molecule has 0 unspecified atom stereocenters. The van der Waals surface area contributed by atoms with E-state index in [1.165, 1.54) is 96.3 Å². The number of nitrogens with one attached hydrogen (secondary N) is 1. The standard InChI is InChI=1S/C31H54N4O/c1-4-5-6-7-8-9-10-11-12-13-14-15-16-17-18-21-25-32-31(36)30-33-28-23-19-20-24-29(28)35(30)27-22-26-34(2)3/h19-20,23-24H,4-18,21-22,25-27H2,1-3H3,(H,32,36). The van der Waals surface area contributed by atoms with Crippen molar-refractivity contribution in [2.45, 2.75) is 123 Å². The summed E-state index contributed by atoms with van der Waals surface area (Å²) in [6.45, 7) is 4.82. The molecule has 5 heteroatoms. The fourth-order valence-corrected chi connectivity index (χ4v) is 4.97. The van der Waals surface area contributed by atoms with Crippen molar-refractivity contribution in [3.05, 3.63) is 30.1 Å². The Bertz CT molecular complexity index is 829. The van der Waals surface area contributed by atoms with E-state index in [4.69, 9.17) is 0 Å². The molecule has 5 nitrogen and oxygen atoms in total. The molecule has 0 aliphatic rings. The molecule has 0 bridgehead atoms. The zero-order valence-corrected chi connectivity index (χ0v) is 23.7. The molecule has 1 amide bonds. The van der Waals surface area contributed by atoms with Gasteiger partial charge in [-0.25, -0.2) is 4.98 Å². The van der Waals surface area contributed by atoms with E-state index in [2.05, 4.69) is 46.9 Å². The first-order valence-electron chi connectivity index (χ1n) is 15.0. The Hall–Kier alpha value is -1.88. The van der Waals surface area contributed by atoms with Gasteiger partial charge in [0.25, 0.3) is 5.91 Å². The maximum absolute atomic E-state index is 12.9. The molecule has 0 fully saturated rings. The van der Waals surface area contributed by atoms with Crippen LogP contribution in [0.15, 0.2) is 24.3 Å². The van der Waals surface area contributed by atoms with Crippen LogP contribution < -0.4 is 5.32 Å². The molecular weight excluding hydrogens is 444 g/mol. The predicted octanol–water partition coefficient (Wildman–Crippen LogP) is 7.98. The Labute approximate surface area is 221 Å². The highest BCUT2D eigenvalue weighted by Gasteiger charge is 2.16. The number of aryl methyl sites for hydroxylation is 1. The van der Waals surface area contributed by atoms with Gasteiger partial charge in [-0.2, -0.15) is 0 Å². The van der Waals surface area contributed by atoms with Gasteiger partial charge in [0.1, 0.15) is 0 Å². The SMILES string of the molecule is CCCCCCCCCCCCCCCCCCNC(=O)c1nc2ccccc2n1CCCN(C)C. The number of imidazole rings is 1. The van der Waals surface area contributed by atoms with Gasteiger partial charge in [-0.3, -0.25) is 4.79 Å². The molecule has 0 saturated carbocycles. The minimum atomic E-state index is -0.0444. The number of aromatic nitrogens is 2. The van der Waals surface area contributed by atoms with Crippen LogP contribution in [-0.2, 0) is 6.54 Å². The van der Waals surface area contributed by atoms with Crippen LogP contribution in [0.25, 0.3) is 11.0 Å². The molecule has 0 spiro atoms. The van der Waals surface area contributed by atoms with Gasteiger partial charge >= 0.3 is 0 Å². The average Bonchev–Trinajstić information content (AvgIpc) is 3.24. The summed E-state index contributed by atoms with van der Waals surface area (Å²) in [5, 5.41) is 3.12. The predicted molar refractivity (Wildman–Crippen MR) is 155 cm³/mol. The van der Waals surface area contributed by atoms with E-state index >= 15 is 0 Å². The Morgan fingerprint density at radius 2 is 1.31 bits per heavy atom. The summed E-state index contributed by atoms with van der Waals surface area (Å²) in [7, 11) is 4.16. The zero-order valence-electron chi connectivity index (χ0n) is 23.7. The van der Waals surface area contributed by atoms with Crippen LogP contribution in [0.1, 0.15) is 127 Å². The van der Waals surface area contributed by atoms with Crippen molar-refractivity contribution in [2.75, 3.05) is 27.2 Å². The zero-order chi connectivity index (χ0) is 25.8. The minimum absolute atomic E-state index is 0.0444. The Morgan fingerprint density at radius 3 is 1.86 bits per heavy atom. The average molecular weight is 499 g/mol. The molecule has 36 heavy (non-hydrogen) atoms. The number of carbonyl (C=O) groups is 1. The fraction of sp³-hybridized carbons (Fsp3) is 0.742. The molecular formula is C31H54N4O. The van der Waals surface area contributed by atoms with E-state index in [0.717, 1.165) is 43.5 Å². The summed E-state index contributed by atoms with van der Waals surface area (Å²) in [6, 6.07) is 8.05. The van der Waals surface area contributed by atoms with Crippen molar-refractivity contribution >= 4 is 16.9 Å². The van der Waals surface area contributed by atoms with Gasteiger partial charge in [0.2, 0.25) is 0 Å². The second-order valence-electron chi connectivity index (χ2n) is 10.8. The van der Waals surface area contributed by atoms with Crippen LogP contribution in [0.3, 0.4) is 0 Å². The lowest BCUT2D eigenvalue weighted by Gasteiger charge is -2.12. The number of hydrogen-bond donors (Lipinski definition) is 1. The van der Waals surface area contributed by atoms with E-state index in [9.17, 15) is 4.79 Å². The molecule has 0 aliphatic carbocycles. The van der Waals surface area contributed by atoms with Crippen LogP contribution in [-0.4, -0.2) is 47.5 Å². The molecule has 0 aliphatic heterocycles. The number of nitrogens with zero attached hydrogens (tertiary/aromatic N) is 3. The van der Waals surface area contributed by atoms with E-state index in [1.807, 2.05) is 18.2 Å². The first-order valence-corrected chi connectivity index (χ1v) is 15.0. The third kappa shape index (κ3) is 12.4. The maximum Gasteiger partial charge on any atom is 0.287 e. The van der Waals surface area contributed by atoms with Crippen molar-refractivity contribution in [3.8, 4) is 0 Å². The summed E-state index contributed by atoms with van der Waals surface area (Å²) in [5.41, 5.74) is 1.94. The highest BCUT2D eigenvalue weighted by atomic mass is 16.2. The third-order valence-corrected chi connectivity index (χ3v) is 7.16. The lowest BCUT2D eigenvalue weighted by atomic mass is 10.0. The molecule has 0 atom stereocenters. The van der Waals surface area contributed by atoms with Gasteiger partial charge < -0.3 is 14.8 Å². The van der Waals surface area contributed by atoms with Crippen molar-refractivity contribution in [1.82, 2.24) is 19.8 Å². The normalized spacial score (nSPS) is 11.6. The largest absolute Gasteiger partial charge is 0.349 e. The smallest absolute Gasteiger partial charge is 0.287 e. The van der Waals surface area contributed by atoms with Crippen LogP contribution in [0.5, 0.6) is 0 Å². The second-order valence-corrected chi connectivity index (χ2v) is 10.8. The van der Waals surface area contributed by atoms with E-state index in [1.54, 1.807) is 0 Å². The number of para-hydroxylation sites is 2. The first-order chi connectivity index (χ1) is 17.6. The third-order valence-electron chi connectivity index (χ3n) is 7.16. The van der Waals surface area contributed by atoms with Crippen molar-refractivity contribution < 1.29 is 4.79 Å². The molecule has 2 rings (SSSR count). The number of benzene rings is 1. The number of fused-ring (bicyclic) bond motifs is 1. The molecule has 2 aromatic rings. The van der Waals surface area contributed by atoms with E-state index in [0.29, 0.717) is 5.82 Å². The summed E-state index contributed by atoms with van der Waals surface area (Å²) in [4.78, 5) is 19.7. The van der Waals surface area contributed by atoms with Crippen molar-refractivity contribution in [3.63, 3.8) is 0 Å². The molecule has 1 heterocycles. The second kappa shape index (κ2) is 19.3. The fourth-order valence-electron chi connectivity index (χ4n) is 4.97. The molecule has 1 aromatic carbocycles. The van der Waals surface area contributed by atoms with Crippen LogP contribution >= 0.6 is 0 Å².